The van der Waals surface area contributed by atoms with Crippen molar-refractivity contribution in [2.45, 2.75) is 6.42 Å². The maximum atomic E-state index is 4.38. The largest absolute Gasteiger partial charge is 0.233 e. The lowest BCUT2D eigenvalue weighted by Crippen LogP contribution is -1.88. The second-order valence-electron chi connectivity index (χ2n) is 4.11. The minimum Gasteiger partial charge on any atom is -0.233 e. The standard InChI is InChI=1S/C16H12NS/c1-3-7-13(8-4-1)11-15-16(17-12-18-15)14-9-5-2-6-10-14/h1-10H,11H2. The first-order valence-electron chi connectivity index (χ1n) is 5.88. The molecule has 1 heterocycles. The van der Waals surface area contributed by atoms with E-state index < -0.39 is 0 Å². The second-order valence-corrected chi connectivity index (χ2v) is 4.98. The van der Waals surface area contributed by atoms with Crippen LogP contribution in [0.1, 0.15) is 10.4 Å². The molecule has 0 aliphatic carbocycles. The maximum absolute atomic E-state index is 4.38. The number of benzene rings is 2. The summed E-state index contributed by atoms with van der Waals surface area (Å²) in [7, 11) is 0. The Kier molecular flexibility index (Phi) is 3.20. The molecule has 0 spiro atoms. The zero-order chi connectivity index (χ0) is 12.2. The molecule has 18 heavy (non-hydrogen) atoms. The molecule has 3 rings (SSSR count). The lowest BCUT2D eigenvalue weighted by atomic mass is 10.1. The van der Waals surface area contributed by atoms with Crippen molar-refractivity contribution < 1.29 is 0 Å². The summed E-state index contributed by atoms with van der Waals surface area (Å²) >= 11 is 1.60. The molecule has 0 saturated heterocycles. The summed E-state index contributed by atoms with van der Waals surface area (Å²) in [5, 5.41) is 0. The highest BCUT2D eigenvalue weighted by Crippen LogP contribution is 2.26. The quantitative estimate of drug-likeness (QED) is 0.679. The maximum Gasteiger partial charge on any atom is 0.153 e. The molecule has 1 aromatic heterocycles. The predicted molar refractivity (Wildman–Crippen MR) is 75.6 cm³/mol. The summed E-state index contributed by atoms with van der Waals surface area (Å²) in [6.07, 6.45) is 0.923. The van der Waals surface area contributed by atoms with Crippen molar-refractivity contribution in [2.75, 3.05) is 0 Å². The molecule has 0 saturated carbocycles. The Hall–Kier alpha value is -1.93. The van der Waals surface area contributed by atoms with Gasteiger partial charge in [0, 0.05) is 16.9 Å². The highest BCUT2D eigenvalue weighted by molar-refractivity contribution is 7.09. The minimum absolute atomic E-state index is 0.923. The molecule has 0 aliphatic rings. The normalized spacial score (nSPS) is 10.4. The first-order valence-corrected chi connectivity index (χ1v) is 6.70. The molecule has 87 valence electrons. The third-order valence-corrected chi connectivity index (χ3v) is 3.61. The zero-order valence-electron chi connectivity index (χ0n) is 9.84. The number of thiazole rings is 1. The molecule has 0 atom stereocenters. The predicted octanol–water partition coefficient (Wildman–Crippen LogP) is 4.20. The summed E-state index contributed by atoms with van der Waals surface area (Å²) in [6.45, 7) is 0. The molecule has 2 heteroatoms. The second kappa shape index (κ2) is 5.15. The van der Waals surface area contributed by atoms with Crippen LogP contribution in [0.2, 0.25) is 0 Å². The van der Waals surface area contributed by atoms with Crippen LogP contribution in [0, 0.1) is 5.51 Å². The van der Waals surface area contributed by atoms with E-state index >= 15 is 0 Å². The van der Waals surface area contributed by atoms with Crippen molar-refractivity contribution in [1.29, 1.82) is 0 Å². The van der Waals surface area contributed by atoms with E-state index in [0.29, 0.717) is 0 Å². The lowest BCUT2D eigenvalue weighted by Gasteiger charge is -2.02. The first-order chi connectivity index (χ1) is 8.93. The van der Waals surface area contributed by atoms with Crippen LogP contribution in [0.4, 0.5) is 0 Å². The highest BCUT2D eigenvalue weighted by atomic mass is 32.1. The van der Waals surface area contributed by atoms with Crippen LogP contribution < -0.4 is 0 Å². The summed E-state index contributed by atoms with van der Waals surface area (Å²) in [5.41, 5.74) is 6.55. The van der Waals surface area contributed by atoms with Gasteiger partial charge in [0.25, 0.3) is 0 Å². The van der Waals surface area contributed by atoms with Gasteiger partial charge in [-0.05, 0) is 5.56 Å². The van der Waals surface area contributed by atoms with E-state index in [1.807, 2.05) is 24.3 Å². The molecular weight excluding hydrogens is 238 g/mol. The Labute approximate surface area is 111 Å². The summed E-state index contributed by atoms with van der Waals surface area (Å²) < 4.78 is 0. The van der Waals surface area contributed by atoms with Crippen molar-refractivity contribution in [3.63, 3.8) is 0 Å². The SMILES string of the molecule is [c]1nc(-c2ccccc2)c(Cc2ccccc2)s1. The Morgan fingerprint density at radius 3 is 2.28 bits per heavy atom. The lowest BCUT2D eigenvalue weighted by molar-refractivity contribution is 1.22. The van der Waals surface area contributed by atoms with Gasteiger partial charge >= 0.3 is 0 Å². The van der Waals surface area contributed by atoms with E-state index in [2.05, 4.69) is 46.9 Å². The highest BCUT2D eigenvalue weighted by Gasteiger charge is 2.09. The monoisotopic (exact) mass is 250 g/mol. The van der Waals surface area contributed by atoms with Crippen molar-refractivity contribution in [3.05, 3.63) is 76.6 Å². The van der Waals surface area contributed by atoms with Gasteiger partial charge in [0.05, 0.1) is 5.69 Å². The van der Waals surface area contributed by atoms with Gasteiger partial charge in [-0.1, -0.05) is 60.7 Å². The van der Waals surface area contributed by atoms with Crippen molar-refractivity contribution in [1.82, 2.24) is 4.98 Å². The van der Waals surface area contributed by atoms with Gasteiger partial charge in [-0.2, -0.15) is 0 Å². The molecule has 1 radical (unpaired) electrons. The fourth-order valence-electron chi connectivity index (χ4n) is 1.96. The fourth-order valence-corrected chi connectivity index (χ4v) is 2.70. The van der Waals surface area contributed by atoms with E-state index in [0.717, 1.165) is 12.1 Å². The summed E-state index contributed by atoms with van der Waals surface area (Å²) in [5.74, 6) is 0. The molecule has 0 fully saturated rings. The Bertz CT molecular complexity index is 614. The van der Waals surface area contributed by atoms with Gasteiger partial charge in [0.2, 0.25) is 0 Å². The summed E-state index contributed by atoms with van der Waals surface area (Å²) in [4.78, 5) is 5.65. The van der Waals surface area contributed by atoms with Crippen molar-refractivity contribution in [3.8, 4) is 11.3 Å². The molecule has 3 aromatic rings. The molecule has 2 aromatic carbocycles. The zero-order valence-corrected chi connectivity index (χ0v) is 10.7. The minimum atomic E-state index is 0.923. The van der Waals surface area contributed by atoms with Crippen LogP contribution in [0.15, 0.2) is 60.7 Å². The van der Waals surface area contributed by atoms with E-state index in [4.69, 9.17) is 0 Å². The molecule has 1 nitrogen and oxygen atoms in total. The number of aromatic nitrogens is 1. The number of rotatable bonds is 3. The third kappa shape index (κ3) is 2.34. The van der Waals surface area contributed by atoms with Gasteiger partial charge in [0.1, 0.15) is 0 Å². The smallest absolute Gasteiger partial charge is 0.153 e. The van der Waals surface area contributed by atoms with Gasteiger partial charge < -0.3 is 0 Å². The number of nitrogens with zero attached hydrogens (tertiary/aromatic N) is 1. The van der Waals surface area contributed by atoms with Crippen molar-refractivity contribution >= 4 is 11.3 Å². The van der Waals surface area contributed by atoms with Crippen LogP contribution in [0.5, 0.6) is 0 Å². The average molecular weight is 250 g/mol. The number of hydrogen-bond acceptors (Lipinski definition) is 2. The number of hydrogen-bond donors (Lipinski definition) is 0. The topological polar surface area (TPSA) is 12.9 Å². The molecule has 0 N–H and O–H groups in total. The van der Waals surface area contributed by atoms with Gasteiger partial charge in [-0.25, -0.2) is 4.98 Å². The van der Waals surface area contributed by atoms with E-state index in [-0.39, 0.29) is 0 Å². The molecule has 0 bridgehead atoms. The Morgan fingerprint density at radius 1 is 0.889 bits per heavy atom. The third-order valence-electron chi connectivity index (χ3n) is 2.85. The van der Waals surface area contributed by atoms with Crippen LogP contribution >= 0.6 is 11.3 Å². The van der Waals surface area contributed by atoms with E-state index in [1.54, 1.807) is 11.3 Å². The van der Waals surface area contributed by atoms with Crippen LogP contribution in [0.3, 0.4) is 0 Å². The van der Waals surface area contributed by atoms with Gasteiger partial charge in [-0.15, -0.1) is 11.3 Å². The van der Waals surface area contributed by atoms with Crippen LogP contribution in [0.25, 0.3) is 11.3 Å². The summed E-state index contributed by atoms with van der Waals surface area (Å²) in [6, 6.07) is 20.8. The Morgan fingerprint density at radius 2 is 1.56 bits per heavy atom. The molecule has 0 amide bonds. The van der Waals surface area contributed by atoms with E-state index in [9.17, 15) is 0 Å². The molecule has 0 unspecified atom stereocenters. The van der Waals surface area contributed by atoms with Crippen LogP contribution in [-0.4, -0.2) is 4.98 Å². The van der Waals surface area contributed by atoms with Gasteiger partial charge in [0.15, 0.2) is 5.51 Å². The first kappa shape index (κ1) is 11.2. The van der Waals surface area contributed by atoms with Gasteiger partial charge in [-0.3, -0.25) is 0 Å². The van der Waals surface area contributed by atoms with Crippen LogP contribution in [-0.2, 0) is 6.42 Å². The average Bonchev–Trinajstić information content (AvgIpc) is 2.89. The molecule has 0 aliphatic heterocycles. The van der Waals surface area contributed by atoms with E-state index in [1.165, 1.54) is 16.0 Å². The van der Waals surface area contributed by atoms with Crippen molar-refractivity contribution in [2.24, 2.45) is 0 Å². The Balaban J connectivity index is 1.93. The fraction of sp³-hybridized carbons (Fsp3) is 0.0625. The molecular formula is C16H12NS.